The van der Waals surface area contributed by atoms with Crippen molar-refractivity contribution in [1.29, 1.82) is 0 Å². The number of halogens is 2. The summed E-state index contributed by atoms with van der Waals surface area (Å²) in [4.78, 5) is 28.6. The molecule has 2 fully saturated rings. The molecule has 4 rings (SSSR count). The zero-order chi connectivity index (χ0) is 19.0. The molecule has 6 heteroatoms. The van der Waals surface area contributed by atoms with Crippen molar-refractivity contribution in [3.05, 3.63) is 65.7 Å². The number of amides is 2. The highest BCUT2D eigenvalue weighted by molar-refractivity contribution is 5.96. The van der Waals surface area contributed by atoms with Crippen molar-refractivity contribution in [1.82, 2.24) is 4.90 Å². The average molecular weight is 370 g/mol. The Morgan fingerprint density at radius 2 is 1.59 bits per heavy atom. The van der Waals surface area contributed by atoms with Gasteiger partial charge in [0.2, 0.25) is 11.8 Å². The highest BCUT2D eigenvalue weighted by atomic mass is 19.1. The van der Waals surface area contributed by atoms with Crippen molar-refractivity contribution in [3.8, 4) is 0 Å². The first-order valence-corrected chi connectivity index (χ1v) is 9.02. The lowest BCUT2D eigenvalue weighted by Gasteiger charge is -2.24. The van der Waals surface area contributed by atoms with Gasteiger partial charge in [0.25, 0.3) is 0 Å². The Bertz CT molecular complexity index is 867. The van der Waals surface area contributed by atoms with Crippen LogP contribution in [-0.4, -0.2) is 36.3 Å². The third kappa shape index (κ3) is 3.56. The molecule has 2 aliphatic heterocycles. The second-order valence-electron chi connectivity index (χ2n) is 7.50. The van der Waals surface area contributed by atoms with Crippen LogP contribution >= 0.6 is 0 Å². The molecule has 140 valence electrons. The Kier molecular flexibility index (Phi) is 4.42. The first kappa shape index (κ1) is 17.6. The highest BCUT2D eigenvalue weighted by Crippen LogP contribution is 2.42. The van der Waals surface area contributed by atoms with E-state index in [-0.39, 0.29) is 35.3 Å². The molecule has 2 saturated heterocycles. The molecule has 0 radical (unpaired) electrons. The Labute approximate surface area is 156 Å². The van der Waals surface area contributed by atoms with Crippen molar-refractivity contribution in [2.24, 2.45) is 5.41 Å². The van der Waals surface area contributed by atoms with E-state index in [1.165, 1.54) is 24.3 Å². The van der Waals surface area contributed by atoms with Gasteiger partial charge in [-0.05, 0) is 48.4 Å². The van der Waals surface area contributed by atoms with Crippen LogP contribution in [0.3, 0.4) is 0 Å². The number of nitrogens with zero attached hydrogens (tertiary/aromatic N) is 2. The van der Waals surface area contributed by atoms with Crippen molar-refractivity contribution < 1.29 is 18.4 Å². The first-order valence-electron chi connectivity index (χ1n) is 9.02. The molecule has 2 aliphatic rings. The van der Waals surface area contributed by atoms with Crippen molar-refractivity contribution in [2.75, 3.05) is 24.5 Å². The lowest BCUT2D eigenvalue weighted by atomic mass is 9.86. The van der Waals surface area contributed by atoms with Crippen LogP contribution in [0.5, 0.6) is 0 Å². The fourth-order valence-corrected chi connectivity index (χ4v) is 4.06. The second kappa shape index (κ2) is 6.76. The Hall–Kier alpha value is -2.76. The van der Waals surface area contributed by atoms with E-state index in [9.17, 15) is 18.4 Å². The monoisotopic (exact) mass is 370 g/mol. The molecule has 1 spiro atoms. The lowest BCUT2D eigenvalue weighted by Crippen LogP contribution is -2.34. The zero-order valence-corrected chi connectivity index (χ0v) is 14.8. The van der Waals surface area contributed by atoms with Gasteiger partial charge in [-0.1, -0.05) is 12.1 Å². The fourth-order valence-electron chi connectivity index (χ4n) is 4.06. The van der Waals surface area contributed by atoms with Gasteiger partial charge in [-0.2, -0.15) is 0 Å². The maximum Gasteiger partial charge on any atom is 0.227 e. The average Bonchev–Trinajstić information content (AvgIpc) is 3.21. The van der Waals surface area contributed by atoms with Crippen LogP contribution in [0.2, 0.25) is 0 Å². The Morgan fingerprint density at radius 3 is 2.26 bits per heavy atom. The molecule has 2 aromatic carbocycles. The number of carbonyl (C=O) groups excluding carboxylic acids is 2. The van der Waals surface area contributed by atoms with Gasteiger partial charge in [0.15, 0.2) is 0 Å². The summed E-state index contributed by atoms with van der Waals surface area (Å²) in [7, 11) is 0. The predicted molar refractivity (Wildman–Crippen MR) is 97.1 cm³/mol. The normalized spacial score (nSPS) is 22.1. The van der Waals surface area contributed by atoms with E-state index in [1.807, 2.05) is 0 Å². The van der Waals surface area contributed by atoms with Crippen LogP contribution in [0.4, 0.5) is 14.5 Å². The minimum Gasteiger partial charge on any atom is -0.342 e. The molecule has 2 heterocycles. The van der Waals surface area contributed by atoms with Crippen LogP contribution in [0.1, 0.15) is 18.4 Å². The number of hydrogen-bond acceptors (Lipinski definition) is 2. The summed E-state index contributed by atoms with van der Waals surface area (Å²) >= 11 is 0. The number of carbonyl (C=O) groups is 2. The summed E-state index contributed by atoms with van der Waals surface area (Å²) in [5, 5.41) is 0. The molecular formula is C21H20F2N2O2. The molecular weight excluding hydrogens is 350 g/mol. The molecule has 0 N–H and O–H groups in total. The van der Waals surface area contributed by atoms with Crippen LogP contribution in [0.25, 0.3) is 0 Å². The number of anilines is 1. The smallest absolute Gasteiger partial charge is 0.227 e. The van der Waals surface area contributed by atoms with Crippen molar-refractivity contribution >= 4 is 17.5 Å². The van der Waals surface area contributed by atoms with Crippen molar-refractivity contribution in [3.63, 3.8) is 0 Å². The molecule has 0 aromatic heterocycles. The summed E-state index contributed by atoms with van der Waals surface area (Å²) in [5.41, 5.74) is 1.22. The van der Waals surface area contributed by atoms with Gasteiger partial charge in [0, 0.05) is 37.2 Å². The summed E-state index contributed by atoms with van der Waals surface area (Å²) in [6.45, 7) is 1.69. The second-order valence-corrected chi connectivity index (χ2v) is 7.50. The van der Waals surface area contributed by atoms with Gasteiger partial charge in [0.1, 0.15) is 11.6 Å². The minimum atomic E-state index is -0.335. The van der Waals surface area contributed by atoms with E-state index < -0.39 is 0 Å². The molecule has 2 aromatic rings. The largest absolute Gasteiger partial charge is 0.342 e. The molecule has 0 aliphatic carbocycles. The molecule has 0 bridgehead atoms. The molecule has 4 nitrogen and oxygen atoms in total. The van der Waals surface area contributed by atoms with Gasteiger partial charge in [-0.25, -0.2) is 8.78 Å². The Morgan fingerprint density at radius 1 is 0.963 bits per heavy atom. The Balaban J connectivity index is 1.42. The number of hydrogen-bond donors (Lipinski definition) is 0. The van der Waals surface area contributed by atoms with E-state index in [4.69, 9.17) is 0 Å². The molecule has 1 atom stereocenters. The van der Waals surface area contributed by atoms with E-state index in [0.29, 0.717) is 31.7 Å². The van der Waals surface area contributed by atoms with E-state index >= 15 is 0 Å². The maximum atomic E-state index is 13.1. The quantitative estimate of drug-likeness (QED) is 0.833. The van der Waals surface area contributed by atoms with Crippen LogP contribution in [-0.2, 0) is 16.0 Å². The summed E-state index contributed by atoms with van der Waals surface area (Å²) in [6, 6.07) is 11.9. The van der Waals surface area contributed by atoms with E-state index in [2.05, 4.69) is 0 Å². The topological polar surface area (TPSA) is 40.6 Å². The SMILES string of the molecule is O=C(Cc1ccc(F)cc1)N1CC[C@@]2(CC(=O)N(c3ccc(F)cc3)C2)C1. The predicted octanol–water partition coefficient (Wildman–Crippen LogP) is 3.16. The van der Waals surface area contributed by atoms with Gasteiger partial charge in [0.05, 0.1) is 6.42 Å². The third-order valence-corrected chi connectivity index (χ3v) is 5.52. The summed E-state index contributed by atoms with van der Waals surface area (Å²) in [6.07, 6.45) is 1.39. The maximum absolute atomic E-state index is 13.1. The lowest BCUT2D eigenvalue weighted by molar-refractivity contribution is -0.130. The van der Waals surface area contributed by atoms with Gasteiger partial charge in [-0.3, -0.25) is 9.59 Å². The fraction of sp³-hybridized carbons (Fsp3) is 0.333. The standard InChI is InChI=1S/C21H20F2N2O2/c22-16-3-1-15(2-4-16)11-19(26)24-10-9-21(13-24)12-20(27)25(14-21)18-7-5-17(23)6-8-18/h1-8H,9-14H2/t21-/m1/s1. The summed E-state index contributed by atoms with van der Waals surface area (Å²) in [5.74, 6) is -0.657. The van der Waals surface area contributed by atoms with Crippen LogP contribution in [0.15, 0.2) is 48.5 Å². The van der Waals surface area contributed by atoms with Gasteiger partial charge in [-0.15, -0.1) is 0 Å². The van der Waals surface area contributed by atoms with Crippen LogP contribution in [0, 0.1) is 17.0 Å². The number of rotatable bonds is 3. The molecule has 2 amide bonds. The zero-order valence-electron chi connectivity index (χ0n) is 14.8. The van der Waals surface area contributed by atoms with E-state index in [0.717, 1.165) is 12.0 Å². The third-order valence-electron chi connectivity index (χ3n) is 5.52. The van der Waals surface area contributed by atoms with Crippen molar-refractivity contribution in [2.45, 2.75) is 19.3 Å². The van der Waals surface area contributed by atoms with Gasteiger partial charge < -0.3 is 9.80 Å². The summed E-state index contributed by atoms with van der Waals surface area (Å²) < 4.78 is 26.1. The molecule has 0 unspecified atom stereocenters. The molecule has 27 heavy (non-hydrogen) atoms. The van der Waals surface area contributed by atoms with Gasteiger partial charge >= 0.3 is 0 Å². The van der Waals surface area contributed by atoms with Crippen LogP contribution < -0.4 is 4.90 Å². The molecule has 0 saturated carbocycles. The first-order chi connectivity index (χ1) is 12.9. The van der Waals surface area contributed by atoms with E-state index in [1.54, 1.807) is 34.1 Å². The number of likely N-dealkylation sites (tertiary alicyclic amines) is 1. The number of benzene rings is 2. The highest BCUT2D eigenvalue weighted by Gasteiger charge is 2.48. The minimum absolute atomic E-state index is 0.00818.